The number of rotatable bonds is 3. The summed E-state index contributed by atoms with van der Waals surface area (Å²) < 4.78 is 0. The topological polar surface area (TPSA) is 23.5 Å². The summed E-state index contributed by atoms with van der Waals surface area (Å²) in [7, 11) is 0. The minimum absolute atomic E-state index is 0.294. The summed E-state index contributed by atoms with van der Waals surface area (Å²) in [5.74, 6) is 0. The Bertz CT molecular complexity index is 381. The van der Waals surface area contributed by atoms with Crippen molar-refractivity contribution in [1.29, 1.82) is 0 Å². The molecular formula is C15H23NO. The Labute approximate surface area is 104 Å². The van der Waals surface area contributed by atoms with Crippen molar-refractivity contribution in [2.24, 2.45) is 0 Å². The van der Waals surface area contributed by atoms with Gasteiger partial charge in [-0.15, -0.1) is 0 Å². The third-order valence-electron chi connectivity index (χ3n) is 3.81. The average molecular weight is 233 g/mol. The highest BCUT2D eigenvalue weighted by molar-refractivity contribution is 5.25. The van der Waals surface area contributed by atoms with E-state index in [1.165, 1.54) is 17.5 Å². The zero-order chi connectivity index (χ0) is 12.5. The van der Waals surface area contributed by atoms with Crippen molar-refractivity contribution in [2.75, 3.05) is 6.54 Å². The molecule has 1 heterocycles. The van der Waals surface area contributed by atoms with Crippen LogP contribution in [-0.4, -0.2) is 28.2 Å². The third kappa shape index (κ3) is 2.88. The SMILES string of the molecule is Cc1ccccc1CN1CCCC1C(C)(C)O. The Morgan fingerprint density at radius 1 is 1.35 bits per heavy atom. The molecule has 1 saturated heterocycles. The normalized spacial score (nSPS) is 22.0. The van der Waals surface area contributed by atoms with Crippen molar-refractivity contribution in [1.82, 2.24) is 4.90 Å². The van der Waals surface area contributed by atoms with Gasteiger partial charge in [-0.2, -0.15) is 0 Å². The molecule has 2 nitrogen and oxygen atoms in total. The van der Waals surface area contributed by atoms with Crippen molar-refractivity contribution in [2.45, 2.75) is 51.8 Å². The van der Waals surface area contributed by atoms with Crippen LogP contribution in [0.5, 0.6) is 0 Å². The predicted molar refractivity (Wildman–Crippen MR) is 70.9 cm³/mol. The molecule has 1 unspecified atom stereocenters. The first-order chi connectivity index (χ1) is 7.98. The van der Waals surface area contributed by atoms with Gasteiger partial charge < -0.3 is 5.11 Å². The second-order valence-electron chi connectivity index (χ2n) is 5.71. The van der Waals surface area contributed by atoms with Gasteiger partial charge in [-0.1, -0.05) is 24.3 Å². The molecule has 2 rings (SSSR count). The zero-order valence-corrected chi connectivity index (χ0v) is 11.1. The van der Waals surface area contributed by atoms with Gasteiger partial charge in [0.15, 0.2) is 0 Å². The van der Waals surface area contributed by atoms with Crippen LogP contribution in [0.2, 0.25) is 0 Å². The largest absolute Gasteiger partial charge is 0.389 e. The molecule has 0 aliphatic carbocycles. The Morgan fingerprint density at radius 2 is 2.06 bits per heavy atom. The van der Waals surface area contributed by atoms with Crippen LogP contribution in [0.1, 0.15) is 37.8 Å². The summed E-state index contributed by atoms with van der Waals surface area (Å²) in [6, 6.07) is 8.81. The average Bonchev–Trinajstić information content (AvgIpc) is 2.69. The van der Waals surface area contributed by atoms with Crippen molar-refractivity contribution >= 4 is 0 Å². The number of nitrogens with zero attached hydrogens (tertiary/aromatic N) is 1. The lowest BCUT2D eigenvalue weighted by atomic mass is 9.96. The molecule has 1 aliphatic heterocycles. The fourth-order valence-electron chi connectivity index (χ4n) is 2.82. The number of benzene rings is 1. The van der Waals surface area contributed by atoms with E-state index in [0.29, 0.717) is 6.04 Å². The van der Waals surface area contributed by atoms with E-state index in [4.69, 9.17) is 0 Å². The summed E-state index contributed by atoms with van der Waals surface area (Å²) >= 11 is 0. The highest BCUT2D eigenvalue weighted by Gasteiger charge is 2.35. The van der Waals surface area contributed by atoms with Crippen molar-refractivity contribution < 1.29 is 5.11 Å². The van der Waals surface area contributed by atoms with Gasteiger partial charge >= 0.3 is 0 Å². The van der Waals surface area contributed by atoms with Crippen LogP contribution in [0.25, 0.3) is 0 Å². The third-order valence-corrected chi connectivity index (χ3v) is 3.81. The highest BCUT2D eigenvalue weighted by atomic mass is 16.3. The number of hydrogen-bond donors (Lipinski definition) is 1. The van der Waals surface area contributed by atoms with Gasteiger partial charge in [0.05, 0.1) is 5.60 Å². The molecule has 0 saturated carbocycles. The van der Waals surface area contributed by atoms with E-state index in [0.717, 1.165) is 19.5 Å². The summed E-state index contributed by atoms with van der Waals surface area (Å²) in [5, 5.41) is 10.2. The van der Waals surface area contributed by atoms with Crippen molar-refractivity contribution in [3.05, 3.63) is 35.4 Å². The second kappa shape index (κ2) is 4.79. The lowest BCUT2D eigenvalue weighted by molar-refractivity contribution is -0.00507. The van der Waals surface area contributed by atoms with Gasteiger partial charge in [-0.25, -0.2) is 0 Å². The van der Waals surface area contributed by atoms with Crippen LogP contribution < -0.4 is 0 Å². The molecule has 1 aromatic carbocycles. The van der Waals surface area contributed by atoms with Gasteiger partial charge in [-0.3, -0.25) is 4.90 Å². The fraction of sp³-hybridized carbons (Fsp3) is 0.600. The van der Waals surface area contributed by atoms with Gasteiger partial charge in [-0.05, 0) is 51.3 Å². The summed E-state index contributed by atoms with van der Waals surface area (Å²) in [6.07, 6.45) is 2.30. The minimum Gasteiger partial charge on any atom is -0.389 e. The first kappa shape index (κ1) is 12.6. The Kier molecular flexibility index (Phi) is 3.55. The van der Waals surface area contributed by atoms with E-state index in [9.17, 15) is 5.11 Å². The zero-order valence-electron chi connectivity index (χ0n) is 11.1. The summed E-state index contributed by atoms with van der Waals surface area (Å²) in [4.78, 5) is 2.42. The van der Waals surface area contributed by atoms with Crippen LogP contribution in [0, 0.1) is 6.92 Å². The second-order valence-corrected chi connectivity index (χ2v) is 5.71. The molecule has 0 bridgehead atoms. The number of hydrogen-bond acceptors (Lipinski definition) is 2. The molecule has 17 heavy (non-hydrogen) atoms. The van der Waals surface area contributed by atoms with E-state index in [1.807, 2.05) is 13.8 Å². The molecule has 0 aromatic heterocycles. The van der Waals surface area contributed by atoms with Crippen molar-refractivity contribution in [3.8, 4) is 0 Å². The smallest absolute Gasteiger partial charge is 0.0746 e. The van der Waals surface area contributed by atoms with Gasteiger partial charge in [0, 0.05) is 12.6 Å². The monoisotopic (exact) mass is 233 g/mol. The number of likely N-dealkylation sites (tertiary alicyclic amines) is 1. The first-order valence-electron chi connectivity index (χ1n) is 6.49. The van der Waals surface area contributed by atoms with Crippen LogP contribution in [0.15, 0.2) is 24.3 Å². The molecule has 1 N–H and O–H groups in total. The van der Waals surface area contributed by atoms with E-state index in [-0.39, 0.29) is 0 Å². The molecule has 0 spiro atoms. The molecule has 0 radical (unpaired) electrons. The predicted octanol–water partition coefficient (Wildman–Crippen LogP) is 2.73. The molecule has 94 valence electrons. The van der Waals surface area contributed by atoms with Crippen LogP contribution in [-0.2, 0) is 6.54 Å². The summed E-state index contributed by atoms with van der Waals surface area (Å²) in [6.45, 7) is 8.07. The Morgan fingerprint density at radius 3 is 2.71 bits per heavy atom. The maximum Gasteiger partial charge on any atom is 0.0746 e. The minimum atomic E-state index is -0.598. The van der Waals surface area contributed by atoms with E-state index in [1.54, 1.807) is 0 Å². The fourth-order valence-corrected chi connectivity index (χ4v) is 2.82. The quantitative estimate of drug-likeness (QED) is 0.867. The van der Waals surface area contributed by atoms with E-state index in [2.05, 4.69) is 36.1 Å². The lowest BCUT2D eigenvalue weighted by Gasteiger charge is -2.34. The molecule has 1 aliphatic rings. The number of aliphatic hydroxyl groups is 1. The van der Waals surface area contributed by atoms with Gasteiger partial charge in [0.2, 0.25) is 0 Å². The van der Waals surface area contributed by atoms with Crippen molar-refractivity contribution in [3.63, 3.8) is 0 Å². The van der Waals surface area contributed by atoms with E-state index >= 15 is 0 Å². The molecule has 1 atom stereocenters. The molecular weight excluding hydrogens is 210 g/mol. The molecule has 1 fully saturated rings. The summed E-state index contributed by atoms with van der Waals surface area (Å²) in [5.41, 5.74) is 2.12. The molecule has 0 amide bonds. The molecule has 2 heteroatoms. The Balaban J connectivity index is 2.11. The van der Waals surface area contributed by atoms with Crippen LogP contribution in [0.3, 0.4) is 0 Å². The Hall–Kier alpha value is -0.860. The number of aryl methyl sites for hydroxylation is 1. The van der Waals surface area contributed by atoms with E-state index < -0.39 is 5.60 Å². The lowest BCUT2D eigenvalue weighted by Crippen LogP contribution is -2.45. The van der Waals surface area contributed by atoms with Gasteiger partial charge in [0.25, 0.3) is 0 Å². The van der Waals surface area contributed by atoms with Gasteiger partial charge in [0.1, 0.15) is 0 Å². The first-order valence-corrected chi connectivity index (χ1v) is 6.49. The maximum absolute atomic E-state index is 10.2. The molecule has 1 aromatic rings. The van der Waals surface area contributed by atoms with Crippen LogP contribution >= 0.6 is 0 Å². The maximum atomic E-state index is 10.2. The van der Waals surface area contributed by atoms with Crippen LogP contribution in [0.4, 0.5) is 0 Å². The standard InChI is InChI=1S/C15H23NO/c1-12-7-4-5-8-13(12)11-16-10-6-9-14(16)15(2,3)17/h4-5,7-8,14,17H,6,9-11H2,1-3H3. The highest BCUT2D eigenvalue weighted by Crippen LogP contribution is 2.28.